The zero-order chi connectivity index (χ0) is 18.9. The first-order valence-electron chi connectivity index (χ1n) is 7.54. The number of nitrogens with one attached hydrogen (secondary N) is 1. The number of rotatable bonds is 4. The minimum atomic E-state index is -4.90. The van der Waals surface area contributed by atoms with Crippen LogP contribution < -0.4 is 15.0 Å². The number of hydrogen-bond donors (Lipinski definition) is 1. The molecule has 1 N–H and O–H groups in total. The number of hydrogen-bond acceptors (Lipinski definition) is 3. The Morgan fingerprint density at radius 1 is 1.12 bits per heavy atom. The number of fused-ring (bicyclic) bond motifs is 1. The van der Waals surface area contributed by atoms with E-state index in [-0.39, 0.29) is 17.9 Å². The first-order chi connectivity index (χ1) is 12.2. The summed E-state index contributed by atoms with van der Waals surface area (Å²) in [7, 11) is 0. The van der Waals surface area contributed by atoms with E-state index in [4.69, 9.17) is 0 Å². The molecule has 0 aliphatic carbocycles. The molecular formula is C17H13F5N2O2. The van der Waals surface area contributed by atoms with Gasteiger partial charge in [0.05, 0.1) is 11.4 Å². The van der Waals surface area contributed by atoms with Crippen LogP contribution in [-0.2, 0) is 11.3 Å². The van der Waals surface area contributed by atoms with Crippen LogP contribution in [0.2, 0.25) is 0 Å². The highest BCUT2D eigenvalue weighted by Gasteiger charge is 2.40. The fourth-order valence-corrected chi connectivity index (χ4v) is 2.77. The molecule has 2 aromatic carbocycles. The van der Waals surface area contributed by atoms with Crippen molar-refractivity contribution < 1.29 is 31.5 Å². The summed E-state index contributed by atoms with van der Waals surface area (Å²) in [4.78, 5) is 13.3. The van der Waals surface area contributed by atoms with Crippen LogP contribution in [0.1, 0.15) is 5.56 Å². The Morgan fingerprint density at radius 3 is 2.42 bits per heavy atom. The quantitative estimate of drug-likeness (QED) is 0.819. The normalized spacial score (nSPS) is 17.1. The molecule has 1 amide bonds. The lowest BCUT2D eigenvalue weighted by atomic mass is 10.1. The Morgan fingerprint density at radius 2 is 1.81 bits per heavy atom. The van der Waals surface area contributed by atoms with Crippen molar-refractivity contribution in [1.29, 1.82) is 0 Å². The second-order valence-electron chi connectivity index (χ2n) is 5.61. The molecule has 4 nitrogen and oxygen atoms in total. The van der Waals surface area contributed by atoms with Gasteiger partial charge in [0, 0.05) is 12.6 Å². The van der Waals surface area contributed by atoms with E-state index in [9.17, 15) is 26.7 Å². The molecule has 1 atom stereocenters. The largest absolute Gasteiger partial charge is 0.573 e. The highest BCUT2D eigenvalue weighted by Crippen LogP contribution is 2.38. The van der Waals surface area contributed by atoms with Crippen LogP contribution in [0.5, 0.6) is 5.75 Å². The van der Waals surface area contributed by atoms with Crippen LogP contribution in [0.15, 0.2) is 48.5 Å². The molecule has 2 aromatic rings. The van der Waals surface area contributed by atoms with Gasteiger partial charge in [-0.2, -0.15) is 0 Å². The molecule has 0 aromatic heterocycles. The average Bonchev–Trinajstić information content (AvgIpc) is 2.53. The summed E-state index contributed by atoms with van der Waals surface area (Å²) in [5.74, 6) is -1.54. The average molecular weight is 372 g/mol. The van der Waals surface area contributed by atoms with Crippen LogP contribution in [-0.4, -0.2) is 24.7 Å². The van der Waals surface area contributed by atoms with E-state index in [2.05, 4.69) is 10.1 Å². The monoisotopic (exact) mass is 372 g/mol. The van der Waals surface area contributed by atoms with E-state index in [1.54, 1.807) is 30.3 Å². The van der Waals surface area contributed by atoms with Gasteiger partial charge in [-0.25, -0.2) is 8.78 Å². The smallest absolute Gasteiger partial charge is 0.406 e. The molecule has 0 saturated heterocycles. The second-order valence-corrected chi connectivity index (χ2v) is 5.61. The van der Waals surface area contributed by atoms with Gasteiger partial charge in [-0.05, 0) is 17.7 Å². The summed E-state index contributed by atoms with van der Waals surface area (Å²) in [6.07, 6.45) is -7.87. The Hall–Kier alpha value is -2.84. The van der Waals surface area contributed by atoms with Crippen LogP contribution in [0, 0.1) is 0 Å². The maximum absolute atomic E-state index is 13.4. The number of carbonyl (C=O) groups is 1. The van der Waals surface area contributed by atoms with E-state index < -0.39 is 30.5 Å². The number of amides is 1. The van der Waals surface area contributed by atoms with E-state index in [1.807, 2.05) is 0 Å². The zero-order valence-electron chi connectivity index (χ0n) is 13.1. The SMILES string of the molecule is O=C1Nc2cc(OC(F)(F)F)ccc2N(Cc2ccccc2)C1C(F)F. The highest BCUT2D eigenvalue weighted by molar-refractivity contribution is 6.04. The summed E-state index contributed by atoms with van der Waals surface area (Å²) in [5.41, 5.74) is 0.840. The molecule has 26 heavy (non-hydrogen) atoms. The van der Waals surface area contributed by atoms with Crippen LogP contribution >= 0.6 is 0 Å². The van der Waals surface area contributed by atoms with Gasteiger partial charge in [0.25, 0.3) is 12.3 Å². The lowest BCUT2D eigenvalue weighted by Crippen LogP contribution is -2.51. The summed E-state index contributed by atoms with van der Waals surface area (Å²) < 4.78 is 67.8. The molecule has 0 fully saturated rings. The van der Waals surface area contributed by atoms with E-state index >= 15 is 0 Å². The van der Waals surface area contributed by atoms with Gasteiger partial charge in [0.1, 0.15) is 5.75 Å². The van der Waals surface area contributed by atoms with Gasteiger partial charge in [0.2, 0.25) is 0 Å². The zero-order valence-corrected chi connectivity index (χ0v) is 13.1. The van der Waals surface area contributed by atoms with Gasteiger partial charge in [0.15, 0.2) is 6.04 Å². The molecule has 1 aliphatic rings. The summed E-state index contributed by atoms with van der Waals surface area (Å²) in [6, 6.07) is 10.0. The maximum Gasteiger partial charge on any atom is 0.573 e. The summed E-state index contributed by atoms with van der Waals surface area (Å²) in [5, 5.41) is 2.23. The lowest BCUT2D eigenvalue weighted by molar-refractivity contribution is -0.274. The molecule has 0 radical (unpaired) electrons. The van der Waals surface area contributed by atoms with Crippen LogP contribution in [0.4, 0.5) is 33.3 Å². The van der Waals surface area contributed by atoms with Gasteiger partial charge in [-0.3, -0.25) is 4.79 Å². The fourth-order valence-electron chi connectivity index (χ4n) is 2.77. The van der Waals surface area contributed by atoms with Crippen molar-refractivity contribution in [3.63, 3.8) is 0 Å². The molecule has 0 bridgehead atoms. The Labute approximate surface area is 145 Å². The minimum Gasteiger partial charge on any atom is -0.406 e. The first kappa shape index (κ1) is 18.0. The van der Waals surface area contributed by atoms with Gasteiger partial charge < -0.3 is 15.0 Å². The number of nitrogens with zero attached hydrogens (tertiary/aromatic N) is 1. The second kappa shape index (κ2) is 6.81. The Balaban J connectivity index is 1.99. The van der Waals surface area contributed by atoms with Crippen molar-refractivity contribution in [3.8, 4) is 5.75 Å². The maximum atomic E-state index is 13.4. The summed E-state index contributed by atoms with van der Waals surface area (Å²) in [6.45, 7) is -0.00422. The number of ether oxygens (including phenoxy) is 1. The van der Waals surface area contributed by atoms with Gasteiger partial charge in [-0.15, -0.1) is 13.2 Å². The van der Waals surface area contributed by atoms with Gasteiger partial charge >= 0.3 is 6.36 Å². The van der Waals surface area contributed by atoms with E-state index in [1.165, 1.54) is 11.0 Å². The van der Waals surface area contributed by atoms with Crippen LogP contribution in [0.25, 0.3) is 0 Å². The topological polar surface area (TPSA) is 41.6 Å². The molecular weight excluding hydrogens is 359 g/mol. The third-order valence-corrected chi connectivity index (χ3v) is 3.81. The highest BCUT2D eigenvalue weighted by atomic mass is 19.4. The number of halogens is 5. The van der Waals surface area contributed by atoms with E-state index in [0.717, 1.165) is 12.1 Å². The van der Waals surface area contributed by atoms with Crippen molar-refractivity contribution >= 4 is 17.3 Å². The van der Waals surface area contributed by atoms with Crippen molar-refractivity contribution in [2.45, 2.75) is 25.4 Å². The molecule has 0 saturated carbocycles. The first-order valence-corrected chi connectivity index (χ1v) is 7.54. The van der Waals surface area contributed by atoms with Crippen LogP contribution in [0.3, 0.4) is 0 Å². The van der Waals surface area contributed by atoms with Crippen molar-refractivity contribution in [1.82, 2.24) is 0 Å². The fraction of sp³-hybridized carbons (Fsp3) is 0.235. The number of carbonyl (C=O) groups excluding carboxylic acids is 1. The number of benzene rings is 2. The van der Waals surface area contributed by atoms with Crippen molar-refractivity contribution in [3.05, 3.63) is 54.1 Å². The molecule has 3 rings (SSSR count). The van der Waals surface area contributed by atoms with Crippen molar-refractivity contribution in [2.24, 2.45) is 0 Å². The molecule has 9 heteroatoms. The Bertz CT molecular complexity index is 795. The third-order valence-electron chi connectivity index (χ3n) is 3.81. The van der Waals surface area contributed by atoms with E-state index in [0.29, 0.717) is 5.56 Å². The molecule has 1 aliphatic heterocycles. The van der Waals surface area contributed by atoms with Crippen molar-refractivity contribution in [2.75, 3.05) is 10.2 Å². The Kier molecular flexibility index (Phi) is 4.71. The number of anilines is 2. The predicted octanol–water partition coefficient (Wildman–Crippen LogP) is 4.18. The predicted molar refractivity (Wildman–Crippen MR) is 84.2 cm³/mol. The molecule has 138 valence electrons. The summed E-state index contributed by atoms with van der Waals surface area (Å²) >= 11 is 0. The molecule has 0 spiro atoms. The molecule has 1 heterocycles. The number of alkyl halides is 5. The molecule has 1 unspecified atom stereocenters. The minimum absolute atomic E-state index is 0.00422. The third kappa shape index (κ3) is 3.87. The van der Waals surface area contributed by atoms with Gasteiger partial charge in [-0.1, -0.05) is 30.3 Å². The lowest BCUT2D eigenvalue weighted by Gasteiger charge is -2.37. The standard InChI is InChI=1S/C17H13F5N2O2/c18-15(19)14-16(25)23-12-8-11(26-17(20,21)22)6-7-13(12)24(14)9-10-4-2-1-3-5-10/h1-8,14-15H,9H2,(H,23,25).